The van der Waals surface area contributed by atoms with Crippen LogP contribution in [-0.4, -0.2) is 14.6 Å². The summed E-state index contributed by atoms with van der Waals surface area (Å²) >= 11 is 3.52. The summed E-state index contributed by atoms with van der Waals surface area (Å²) < 4.78 is 2.92. The van der Waals surface area contributed by atoms with E-state index in [-0.39, 0.29) is 0 Å². The zero-order chi connectivity index (χ0) is 13.4. The number of hydrogen-bond donors (Lipinski definition) is 0. The van der Waals surface area contributed by atoms with Crippen molar-refractivity contribution >= 4 is 21.6 Å². The first-order valence-corrected chi connectivity index (χ1v) is 6.50. The summed E-state index contributed by atoms with van der Waals surface area (Å²) in [5, 5.41) is 17.2. The van der Waals surface area contributed by atoms with Crippen molar-refractivity contribution in [2.75, 3.05) is 0 Å². The standard InChI is InChI=1S/C14H9BrN4/c1-9-11(3-2-4-12(9)15)14-18-17-13-7-10(8-16)5-6-19(13)14/h2-7H,1H3. The number of benzene rings is 1. The van der Waals surface area contributed by atoms with Gasteiger partial charge in [0.1, 0.15) is 0 Å². The van der Waals surface area contributed by atoms with Crippen molar-refractivity contribution in [2.24, 2.45) is 0 Å². The lowest BCUT2D eigenvalue weighted by Gasteiger charge is -2.05. The maximum Gasteiger partial charge on any atom is 0.168 e. The molecule has 0 unspecified atom stereocenters. The largest absolute Gasteiger partial charge is 0.282 e. The summed E-state index contributed by atoms with van der Waals surface area (Å²) in [5.74, 6) is 0.776. The third kappa shape index (κ3) is 1.90. The minimum atomic E-state index is 0.581. The first-order valence-electron chi connectivity index (χ1n) is 5.71. The Balaban J connectivity index is 2.27. The molecule has 3 aromatic rings. The van der Waals surface area contributed by atoms with Gasteiger partial charge in [0, 0.05) is 22.3 Å². The Kier molecular flexibility index (Phi) is 2.80. The van der Waals surface area contributed by atoms with Crippen LogP contribution in [0.25, 0.3) is 17.0 Å². The van der Waals surface area contributed by atoms with E-state index < -0.39 is 0 Å². The summed E-state index contributed by atoms with van der Waals surface area (Å²) in [7, 11) is 0. The van der Waals surface area contributed by atoms with Gasteiger partial charge in [-0.05, 0) is 24.6 Å². The van der Waals surface area contributed by atoms with Gasteiger partial charge in [-0.25, -0.2) is 0 Å². The molecule has 0 radical (unpaired) electrons. The Morgan fingerprint density at radius 1 is 1.26 bits per heavy atom. The highest BCUT2D eigenvalue weighted by Crippen LogP contribution is 2.27. The minimum absolute atomic E-state index is 0.581. The van der Waals surface area contributed by atoms with Gasteiger partial charge in [0.05, 0.1) is 11.6 Å². The van der Waals surface area contributed by atoms with Crippen molar-refractivity contribution in [2.45, 2.75) is 6.92 Å². The second-order valence-corrected chi connectivity index (χ2v) is 5.05. The molecular formula is C14H9BrN4. The van der Waals surface area contributed by atoms with Crippen LogP contribution in [0.5, 0.6) is 0 Å². The molecule has 2 heterocycles. The topological polar surface area (TPSA) is 54.0 Å². The van der Waals surface area contributed by atoms with Crippen molar-refractivity contribution in [3.05, 3.63) is 52.1 Å². The van der Waals surface area contributed by atoms with Crippen LogP contribution in [0.4, 0.5) is 0 Å². The minimum Gasteiger partial charge on any atom is -0.282 e. The molecule has 0 atom stereocenters. The van der Waals surface area contributed by atoms with E-state index in [0.717, 1.165) is 21.4 Å². The summed E-state index contributed by atoms with van der Waals surface area (Å²) in [6.45, 7) is 2.03. The molecule has 0 amide bonds. The van der Waals surface area contributed by atoms with E-state index in [9.17, 15) is 0 Å². The molecule has 0 saturated carbocycles. The molecule has 1 aromatic carbocycles. The summed E-state index contributed by atoms with van der Waals surface area (Å²) in [4.78, 5) is 0. The van der Waals surface area contributed by atoms with E-state index in [1.165, 1.54) is 0 Å². The molecule has 92 valence electrons. The van der Waals surface area contributed by atoms with Crippen molar-refractivity contribution in [3.63, 3.8) is 0 Å². The van der Waals surface area contributed by atoms with E-state index >= 15 is 0 Å². The lowest BCUT2D eigenvalue weighted by atomic mass is 10.1. The zero-order valence-electron chi connectivity index (χ0n) is 10.1. The smallest absolute Gasteiger partial charge is 0.168 e. The molecule has 0 aliphatic heterocycles. The average molecular weight is 313 g/mol. The van der Waals surface area contributed by atoms with Gasteiger partial charge >= 0.3 is 0 Å². The average Bonchev–Trinajstić information content (AvgIpc) is 2.84. The highest BCUT2D eigenvalue weighted by molar-refractivity contribution is 9.10. The van der Waals surface area contributed by atoms with Crippen molar-refractivity contribution in [1.82, 2.24) is 14.6 Å². The monoisotopic (exact) mass is 312 g/mol. The van der Waals surface area contributed by atoms with E-state index in [1.54, 1.807) is 12.1 Å². The fourth-order valence-electron chi connectivity index (χ4n) is 1.99. The third-order valence-electron chi connectivity index (χ3n) is 3.05. The van der Waals surface area contributed by atoms with Gasteiger partial charge in [-0.3, -0.25) is 4.40 Å². The molecule has 0 aliphatic rings. The summed E-state index contributed by atoms with van der Waals surface area (Å²) in [5.41, 5.74) is 3.39. The lowest BCUT2D eigenvalue weighted by Crippen LogP contribution is -1.92. The van der Waals surface area contributed by atoms with Crippen LogP contribution in [0.2, 0.25) is 0 Å². The molecular weight excluding hydrogens is 304 g/mol. The van der Waals surface area contributed by atoms with E-state index in [0.29, 0.717) is 11.2 Å². The predicted molar refractivity (Wildman–Crippen MR) is 75.6 cm³/mol. The Hall–Kier alpha value is -2.19. The van der Waals surface area contributed by atoms with Gasteiger partial charge in [-0.2, -0.15) is 5.26 Å². The lowest BCUT2D eigenvalue weighted by molar-refractivity contribution is 1.10. The zero-order valence-corrected chi connectivity index (χ0v) is 11.7. The fourth-order valence-corrected chi connectivity index (χ4v) is 2.36. The van der Waals surface area contributed by atoms with E-state index in [4.69, 9.17) is 5.26 Å². The Labute approximate surface area is 118 Å². The number of rotatable bonds is 1. The van der Waals surface area contributed by atoms with Crippen molar-refractivity contribution in [1.29, 1.82) is 5.26 Å². The Bertz CT molecular complexity index is 814. The number of pyridine rings is 1. The van der Waals surface area contributed by atoms with Gasteiger partial charge < -0.3 is 0 Å². The van der Waals surface area contributed by atoms with Gasteiger partial charge in [-0.15, -0.1) is 10.2 Å². The van der Waals surface area contributed by atoms with Crippen LogP contribution >= 0.6 is 15.9 Å². The van der Waals surface area contributed by atoms with Gasteiger partial charge in [0.15, 0.2) is 11.5 Å². The van der Waals surface area contributed by atoms with Crippen LogP contribution in [0.1, 0.15) is 11.1 Å². The molecule has 5 heteroatoms. The maximum absolute atomic E-state index is 8.89. The second kappa shape index (κ2) is 4.48. The molecule has 0 spiro atoms. The number of aromatic nitrogens is 3. The molecule has 3 rings (SSSR count). The molecule has 0 saturated heterocycles. The highest BCUT2D eigenvalue weighted by atomic mass is 79.9. The number of halogens is 1. The van der Waals surface area contributed by atoms with Gasteiger partial charge in [-0.1, -0.05) is 28.1 Å². The predicted octanol–water partition coefficient (Wildman–Crippen LogP) is 3.34. The van der Waals surface area contributed by atoms with Crippen LogP contribution in [-0.2, 0) is 0 Å². The highest BCUT2D eigenvalue weighted by Gasteiger charge is 2.11. The summed E-state index contributed by atoms with van der Waals surface area (Å²) in [6.07, 6.45) is 1.82. The van der Waals surface area contributed by atoms with Crippen molar-refractivity contribution < 1.29 is 0 Å². The van der Waals surface area contributed by atoms with Gasteiger partial charge in [0.25, 0.3) is 0 Å². The number of nitrogens with zero attached hydrogens (tertiary/aromatic N) is 4. The molecule has 0 bridgehead atoms. The molecule has 0 aliphatic carbocycles. The number of fused-ring (bicyclic) bond motifs is 1. The fraction of sp³-hybridized carbons (Fsp3) is 0.0714. The Morgan fingerprint density at radius 3 is 2.89 bits per heavy atom. The molecule has 19 heavy (non-hydrogen) atoms. The van der Waals surface area contributed by atoms with Crippen LogP contribution < -0.4 is 0 Å². The first-order chi connectivity index (χ1) is 9.20. The summed E-state index contributed by atoms with van der Waals surface area (Å²) in [6, 6.07) is 11.6. The number of hydrogen-bond acceptors (Lipinski definition) is 3. The van der Waals surface area contributed by atoms with Crippen LogP contribution in [0.3, 0.4) is 0 Å². The van der Waals surface area contributed by atoms with Crippen molar-refractivity contribution in [3.8, 4) is 17.5 Å². The van der Waals surface area contributed by atoms with E-state index in [2.05, 4.69) is 32.2 Å². The quantitative estimate of drug-likeness (QED) is 0.692. The van der Waals surface area contributed by atoms with Gasteiger partial charge in [0.2, 0.25) is 0 Å². The van der Waals surface area contributed by atoms with E-state index in [1.807, 2.05) is 35.7 Å². The number of nitriles is 1. The molecule has 4 nitrogen and oxygen atoms in total. The van der Waals surface area contributed by atoms with Crippen LogP contribution in [0.15, 0.2) is 41.0 Å². The Morgan fingerprint density at radius 2 is 2.11 bits per heavy atom. The normalized spacial score (nSPS) is 10.6. The first kappa shape index (κ1) is 11.9. The molecule has 2 aromatic heterocycles. The maximum atomic E-state index is 8.89. The second-order valence-electron chi connectivity index (χ2n) is 4.19. The van der Waals surface area contributed by atoms with Crippen LogP contribution in [0, 0.1) is 18.3 Å². The SMILES string of the molecule is Cc1c(Br)cccc1-c1nnc2cc(C#N)ccn12. The molecule has 0 N–H and O–H groups in total. The third-order valence-corrected chi connectivity index (χ3v) is 3.91. The molecule has 0 fully saturated rings.